The quantitative estimate of drug-likeness (QED) is 0.654. The number of carbonyl (C=O) groups is 1. The van der Waals surface area contributed by atoms with Crippen molar-refractivity contribution in [3.05, 3.63) is 34.1 Å². The smallest absolute Gasteiger partial charge is 0.418 e. The third kappa shape index (κ3) is 3.85. The molecule has 0 amide bonds. The van der Waals surface area contributed by atoms with Gasteiger partial charge in [-0.15, -0.1) is 0 Å². The van der Waals surface area contributed by atoms with E-state index in [1.54, 1.807) is 20.8 Å². The molecule has 0 unspecified atom stereocenters. The SMILES string of the molecule is CC(C)(C)OC(=O)n1cccc1[C@@H](O)C[N+](=O)[O-]. The van der Waals surface area contributed by atoms with Gasteiger partial charge in [0.15, 0.2) is 6.10 Å². The van der Waals surface area contributed by atoms with Gasteiger partial charge >= 0.3 is 6.09 Å². The second-order valence-electron chi connectivity index (χ2n) is 4.81. The molecule has 1 aromatic heterocycles. The number of aromatic nitrogens is 1. The Balaban J connectivity index is 2.88. The molecule has 18 heavy (non-hydrogen) atoms. The Labute approximate surface area is 104 Å². The van der Waals surface area contributed by atoms with Crippen molar-refractivity contribution >= 4 is 6.09 Å². The number of nitrogens with zero attached hydrogens (tertiary/aromatic N) is 2. The molecule has 1 rings (SSSR count). The van der Waals surface area contributed by atoms with E-state index < -0.39 is 29.3 Å². The number of rotatable bonds is 3. The Bertz CT molecular complexity index is 447. The maximum absolute atomic E-state index is 11.8. The van der Waals surface area contributed by atoms with Gasteiger partial charge in [0.1, 0.15) is 5.60 Å². The van der Waals surface area contributed by atoms with E-state index in [4.69, 9.17) is 4.74 Å². The zero-order valence-electron chi connectivity index (χ0n) is 10.5. The normalized spacial score (nSPS) is 13.1. The third-order valence-electron chi connectivity index (χ3n) is 2.03. The Hall–Kier alpha value is -1.89. The lowest BCUT2D eigenvalue weighted by Gasteiger charge is -2.20. The van der Waals surface area contributed by atoms with E-state index in [1.807, 2.05) is 0 Å². The number of hydrogen-bond acceptors (Lipinski definition) is 5. The number of carbonyl (C=O) groups excluding carboxylic acids is 1. The van der Waals surface area contributed by atoms with Crippen LogP contribution in [-0.4, -0.2) is 32.8 Å². The van der Waals surface area contributed by atoms with Crippen molar-refractivity contribution in [2.75, 3.05) is 6.54 Å². The summed E-state index contributed by atoms with van der Waals surface area (Å²) in [7, 11) is 0. The van der Waals surface area contributed by atoms with E-state index in [2.05, 4.69) is 0 Å². The molecule has 0 spiro atoms. The fourth-order valence-corrected chi connectivity index (χ4v) is 1.38. The zero-order valence-corrected chi connectivity index (χ0v) is 10.5. The maximum atomic E-state index is 11.8. The zero-order chi connectivity index (χ0) is 13.9. The predicted octanol–water partition coefficient (Wildman–Crippen LogP) is 1.58. The lowest BCUT2D eigenvalue weighted by molar-refractivity contribution is -0.491. The van der Waals surface area contributed by atoms with E-state index >= 15 is 0 Å². The molecule has 0 bridgehead atoms. The summed E-state index contributed by atoms with van der Waals surface area (Å²) in [5.74, 6) is 0. The van der Waals surface area contributed by atoms with Gasteiger partial charge in [-0.1, -0.05) is 0 Å². The van der Waals surface area contributed by atoms with Crippen LogP contribution in [0.5, 0.6) is 0 Å². The Morgan fingerprint density at radius 1 is 1.61 bits per heavy atom. The van der Waals surface area contributed by atoms with Crippen molar-refractivity contribution in [1.82, 2.24) is 4.57 Å². The lowest BCUT2D eigenvalue weighted by atomic mass is 10.2. The molecule has 0 aliphatic carbocycles. The Morgan fingerprint density at radius 3 is 2.72 bits per heavy atom. The second-order valence-corrected chi connectivity index (χ2v) is 4.81. The highest BCUT2D eigenvalue weighted by molar-refractivity contribution is 5.72. The van der Waals surface area contributed by atoms with E-state index in [-0.39, 0.29) is 5.69 Å². The summed E-state index contributed by atoms with van der Waals surface area (Å²) >= 11 is 0. The summed E-state index contributed by atoms with van der Waals surface area (Å²) in [6, 6.07) is 2.96. The van der Waals surface area contributed by atoms with Gasteiger partial charge in [0.25, 0.3) is 0 Å². The predicted molar refractivity (Wildman–Crippen MR) is 62.9 cm³/mol. The molecular weight excluding hydrogens is 240 g/mol. The number of ether oxygens (including phenoxy) is 1. The molecule has 0 saturated carbocycles. The van der Waals surface area contributed by atoms with Crippen molar-refractivity contribution in [1.29, 1.82) is 0 Å². The Kier molecular flexibility index (Phi) is 4.07. The van der Waals surface area contributed by atoms with Crippen molar-refractivity contribution in [3.63, 3.8) is 0 Å². The van der Waals surface area contributed by atoms with Gasteiger partial charge in [-0.05, 0) is 32.9 Å². The molecule has 7 heteroatoms. The van der Waals surface area contributed by atoms with Gasteiger partial charge in [-0.3, -0.25) is 14.7 Å². The van der Waals surface area contributed by atoms with E-state index in [0.29, 0.717) is 0 Å². The third-order valence-corrected chi connectivity index (χ3v) is 2.03. The molecule has 0 saturated heterocycles. The largest absolute Gasteiger partial charge is 0.443 e. The van der Waals surface area contributed by atoms with Gasteiger partial charge in [-0.25, -0.2) is 4.79 Å². The standard InChI is InChI=1S/C11H16N2O5/c1-11(2,3)18-10(15)12-6-4-5-8(12)9(14)7-13(16)17/h4-6,9,14H,7H2,1-3H3/t9-/m0/s1. The van der Waals surface area contributed by atoms with Crippen LogP contribution >= 0.6 is 0 Å². The summed E-state index contributed by atoms with van der Waals surface area (Å²) in [5, 5.41) is 20.0. The number of aliphatic hydroxyl groups excluding tert-OH is 1. The number of nitro groups is 1. The molecule has 0 radical (unpaired) electrons. The summed E-state index contributed by atoms with van der Waals surface area (Å²) < 4.78 is 6.19. The van der Waals surface area contributed by atoms with Crippen molar-refractivity contribution < 1.29 is 19.6 Å². The van der Waals surface area contributed by atoms with E-state index in [1.165, 1.54) is 18.3 Å². The summed E-state index contributed by atoms with van der Waals surface area (Å²) in [6.45, 7) is 4.47. The lowest BCUT2D eigenvalue weighted by Crippen LogP contribution is -2.28. The van der Waals surface area contributed by atoms with Crippen LogP contribution in [0, 0.1) is 10.1 Å². The van der Waals surface area contributed by atoms with Crippen LogP contribution in [0.25, 0.3) is 0 Å². The minimum Gasteiger partial charge on any atom is -0.443 e. The highest BCUT2D eigenvalue weighted by Gasteiger charge is 2.24. The minimum absolute atomic E-state index is 0.140. The first-order valence-corrected chi connectivity index (χ1v) is 5.41. The molecule has 1 heterocycles. The van der Waals surface area contributed by atoms with Gasteiger partial charge in [-0.2, -0.15) is 0 Å². The average Bonchev–Trinajstić information content (AvgIpc) is 2.61. The van der Waals surface area contributed by atoms with Crippen LogP contribution in [0.4, 0.5) is 4.79 Å². The average molecular weight is 256 g/mol. The van der Waals surface area contributed by atoms with Crippen LogP contribution in [0.2, 0.25) is 0 Å². The van der Waals surface area contributed by atoms with Crippen LogP contribution in [0.15, 0.2) is 18.3 Å². The first-order valence-electron chi connectivity index (χ1n) is 5.41. The second kappa shape index (κ2) is 5.18. The number of hydrogen-bond donors (Lipinski definition) is 1. The van der Waals surface area contributed by atoms with Crippen LogP contribution in [-0.2, 0) is 4.74 Å². The molecule has 1 atom stereocenters. The molecule has 100 valence electrons. The molecule has 0 aliphatic heterocycles. The minimum atomic E-state index is -1.34. The first kappa shape index (κ1) is 14.2. The molecular formula is C11H16N2O5. The molecule has 0 aromatic carbocycles. The molecule has 0 fully saturated rings. The van der Waals surface area contributed by atoms with Gasteiger partial charge in [0.05, 0.1) is 5.69 Å². The van der Waals surface area contributed by atoms with Gasteiger partial charge in [0, 0.05) is 11.1 Å². The van der Waals surface area contributed by atoms with Gasteiger partial charge < -0.3 is 9.84 Å². The van der Waals surface area contributed by atoms with E-state index in [0.717, 1.165) is 4.57 Å². The molecule has 1 N–H and O–H groups in total. The fraction of sp³-hybridized carbons (Fsp3) is 0.545. The van der Waals surface area contributed by atoms with Crippen molar-refractivity contribution in [2.45, 2.75) is 32.5 Å². The summed E-state index contributed by atoms with van der Waals surface area (Å²) in [6.07, 6.45) is -0.626. The van der Waals surface area contributed by atoms with Crippen LogP contribution in [0.3, 0.4) is 0 Å². The highest BCUT2D eigenvalue weighted by atomic mass is 16.6. The molecule has 7 nitrogen and oxygen atoms in total. The maximum Gasteiger partial charge on any atom is 0.418 e. The van der Waals surface area contributed by atoms with Crippen molar-refractivity contribution in [2.24, 2.45) is 0 Å². The monoisotopic (exact) mass is 256 g/mol. The first-order chi connectivity index (χ1) is 8.20. The Morgan fingerprint density at radius 2 is 2.22 bits per heavy atom. The van der Waals surface area contributed by atoms with Crippen LogP contribution in [0.1, 0.15) is 32.6 Å². The summed E-state index contributed by atoms with van der Waals surface area (Å²) in [5.41, 5.74) is -0.534. The van der Waals surface area contributed by atoms with E-state index in [9.17, 15) is 20.0 Å². The number of aliphatic hydroxyl groups is 1. The summed E-state index contributed by atoms with van der Waals surface area (Å²) in [4.78, 5) is 21.5. The van der Waals surface area contributed by atoms with Crippen molar-refractivity contribution in [3.8, 4) is 0 Å². The van der Waals surface area contributed by atoms with Gasteiger partial charge in [0.2, 0.25) is 6.54 Å². The topological polar surface area (TPSA) is 94.6 Å². The molecule has 1 aromatic rings. The van der Waals surface area contributed by atoms with Crippen LogP contribution < -0.4 is 0 Å². The molecule has 0 aliphatic rings. The highest BCUT2D eigenvalue weighted by Crippen LogP contribution is 2.16. The fourth-order valence-electron chi connectivity index (χ4n) is 1.38.